The van der Waals surface area contributed by atoms with Crippen LogP contribution in [-0.2, 0) is 16.6 Å². The third kappa shape index (κ3) is 2.47. The van der Waals surface area contributed by atoms with Gasteiger partial charge in [0.15, 0.2) is 0 Å². The summed E-state index contributed by atoms with van der Waals surface area (Å²) in [7, 11) is 1.89. The Morgan fingerprint density at radius 1 is 1.36 bits per heavy atom. The highest BCUT2D eigenvalue weighted by Crippen LogP contribution is 2.32. The van der Waals surface area contributed by atoms with Gasteiger partial charge in [0.25, 0.3) is 0 Å². The lowest BCUT2D eigenvalue weighted by Gasteiger charge is -2.28. The van der Waals surface area contributed by atoms with Gasteiger partial charge in [0.05, 0.1) is 5.92 Å². The molecule has 0 spiro atoms. The molecule has 2 aromatic rings. The molecule has 114 valence electrons. The molecule has 0 radical (unpaired) electrons. The smallest absolute Gasteiger partial charge is 0.224 e. The molecule has 0 unspecified atom stereocenters. The summed E-state index contributed by atoms with van der Waals surface area (Å²) in [5, 5.41) is 0. The Hall–Kier alpha value is -2.63. The summed E-state index contributed by atoms with van der Waals surface area (Å²) in [6.45, 7) is 0.334. The van der Waals surface area contributed by atoms with E-state index < -0.39 is 11.8 Å². The van der Waals surface area contributed by atoms with E-state index in [0.717, 1.165) is 11.4 Å². The highest BCUT2D eigenvalue weighted by atomic mass is 16.2. The first-order valence-corrected chi connectivity index (χ1v) is 7.19. The van der Waals surface area contributed by atoms with Crippen LogP contribution in [0.3, 0.4) is 0 Å². The van der Waals surface area contributed by atoms with Crippen molar-refractivity contribution in [1.29, 1.82) is 0 Å². The third-order valence-corrected chi connectivity index (χ3v) is 4.09. The molecule has 1 aromatic heterocycles. The molecule has 2 heterocycles. The molecule has 1 fully saturated rings. The number of aromatic nitrogens is 2. The van der Waals surface area contributed by atoms with E-state index in [2.05, 4.69) is 4.98 Å². The van der Waals surface area contributed by atoms with Gasteiger partial charge in [-0.15, -0.1) is 0 Å². The van der Waals surface area contributed by atoms with E-state index in [9.17, 15) is 9.59 Å². The largest absolute Gasteiger partial charge is 0.369 e. The Morgan fingerprint density at radius 2 is 2.09 bits per heavy atom. The molecule has 22 heavy (non-hydrogen) atoms. The summed E-state index contributed by atoms with van der Waals surface area (Å²) in [4.78, 5) is 29.9. The van der Waals surface area contributed by atoms with Crippen molar-refractivity contribution in [3.05, 3.63) is 54.1 Å². The number of hydrogen-bond donors (Lipinski definition) is 1. The van der Waals surface area contributed by atoms with Crippen LogP contribution in [0.4, 0.5) is 0 Å². The van der Waals surface area contributed by atoms with Crippen LogP contribution in [0.15, 0.2) is 42.7 Å². The summed E-state index contributed by atoms with van der Waals surface area (Å²) in [5.74, 6) is -0.160. The van der Waals surface area contributed by atoms with Crippen LogP contribution in [0, 0.1) is 5.92 Å². The van der Waals surface area contributed by atoms with Crippen LogP contribution < -0.4 is 5.73 Å². The van der Waals surface area contributed by atoms with Crippen molar-refractivity contribution in [3.63, 3.8) is 0 Å². The number of nitrogens with two attached hydrogens (primary N) is 1. The summed E-state index contributed by atoms with van der Waals surface area (Å²) in [6, 6.07) is 9.40. The molecule has 1 saturated heterocycles. The lowest BCUT2D eigenvalue weighted by atomic mass is 10.0. The van der Waals surface area contributed by atoms with Crippen LogP contribution >= 0.6 is 0 Å². The Labute approximate surface area is 128 Å². The zero-order chi connectivity index (χ0) is 15.7. The molecule has 1 aliphatic heterocycles. The van der Waals surface area contributed by atoms with Crippen molar-refractivity contribution < 1.29 is 9.59 Å². The third-order valence-electron chi connectivity index (χ3n) is 4.09. The van der Waals surface area contributed by atoms with Crippen LogP contribution in [0.2, 0.25) is 0 Å². The number of amides is 2. The van der Waals surface area contributed by atoms with Crippen LogP contribution in [0.1, 0.15) is 23.9 Å². The molecule has 6 heteroatoms. The molecular weight excluding hydrogens is 280 g/mol. The topological polar surface area (TPSA) is 81.2 Å². The molecule has 0 saturated carbocycles. The zero-order valence-electron chi connectivity index (χ0n) is 12.3. The van der Waals surface area contributed by atoms with Crippen LogP contribution in [0.25, 0.3) is 0 Å². The molecule has 2 N–H and O–H groups in total. The second kappa shape index (κ2) is 5.63. The second-order valence-electron chi connectivity index (χ2n) is 5.56. The van der Waals surface area contributed by atoms with Crippen LogP contribution in [-0.4, -0.2) is 32.8 Å². The average molecular weight is 298 g/mol. The highest BCUT2D eigenvalue weighted by molar-refractivity contribution is 5.88. The van der Waals surface area contributed by atoms with Gasteiger partial charge in [-0.3, -0.25) is 9.59 Å². The number of hydrogen-bond acceptors (Lipinski definition) is 3. The molecule has 2 amide bonds. The minimum atomic E-state index is -0.431. The van der Waals surface area contributed by atoms with Gasteiger partial charge in [0.2, 0.25) is 11.8 Å². The molecular formula is C16H18N4O2. The van der Waals surface area contributed by atoms with Crippen LogP contribution in [0.5, 0.6) is 0 Å². The fourth-order valence-electron chi connectivity index (χ4n) is 2.92. The van der Waals surface area contributed by atoms with Gasteiger partial charge in [-0.2, -0.15) is 0 Å². The molecule has 3 rings (SSSR count). The molecule has 1 aliphatic rings. The number of nitrogens with zero attached hydrogens (tertiary/aromatic N) is 3. The first kappa shape index (κ1) is 14.3. The van der Waals surface area contributed by atoms with E-state index in [1.165, 1.54) is 0 Å². The lowest BCUT2D eigenvalue weighted by molar-refractivity contribution is -0.129. The van der Waals surface area contributed by atoms with E-state index in [1.807, 2.05) is 48.1 Å². The first-order chi connectivity index (χ1) is 10.6. The number of primary amides is 1. The number of carbonyl (C=O) groups excluding carboxylic acids is 2. The Bertz CT molecular complexity index is 695. The second-order valence-corrected chi connectivity index (χ2v) is 5.56. The summed E-state index contributed by atoms with van der Waals surface area (Å²) in [5.41, 5.74) is 6.34. The van der Waals surface area contributed by atoms with Gasteiger partial charge in [-0.05, 0) is 5.56 Å². The first-order valence-electron chi connectivity index (χ1n) is 7.19. The van der Waals surface area contributed by atoms with Crippen molar-refractivity contribution in [1.82, 2.24) is 14.5 Å². The zero-order valence-corrected chi connectivity index (χ0v) is 12.3. The van der Waals surface area contributed by atoms with E-state index in [1.54, 1.807) is 11.1 Å². The van der Waals surface area contributed by atoms with Gasteiger partial charge >= 0.3 is 0 Å². The maximum Gasteiger partial charge on any atom is 0.224 e. The van der Waals surface area contributed by atoms with Crippen molar-refractivity contribution in [2.24, 2.45) is 18.7 Å². The highest BCUT2D eigenvalue weighted by Gasteiger charge is 2.39. The molecule has 1 aromatic carbocycles. The predicted molar refractivity (Wildman–Crippen MR) is 80.5 cm³/mol. The fraction of sp³-hybridized carbons (Fsp3) is 0.312. The van der Waals surface area contributed by atoms with Gasteiger partial charge in [0, 0.05) is 32.4 Å². The number of carbonyl (C=O) groups is 2. The number of likely N-dealkylation sites (tertiary alicyclic amines) is 1. The van der Waals surface area contributed by atoms with E-state index in [4.69, 9.17) is 5.73 Å². The van der Waals surface area contributed by atoms with E-state index in [0.29, 0.717) is 6.54 Å². The number of benzene rings is 1. The standard InChI is InChI=1S/C16H18N4O2/c1-19-8-7-18-16(19)14(11-5-3-2-4-6-11)20-10-12(15(17)22)9-13(20)21/h2-8,12,14H,9-10H2,1H3,(H2,17,22)/t12-,14+/m0/s1. The quantitative estimate of drug-likeness (QED) is 0.908. The molecule has 6 nitrogen and oxygen atoms in total. The van der Waals surface area contributed by atoms with Gasteiger partial charge in [-0.25, -0.2) is 4.98 Å². The molecule has 0 aliphatic carbocycles. The van der Waals surface area contributed by atoms with Crippen molar-refractivity contribution >= 4 is 11.8 Å². The predicted octanol–water partition coefficient (Wildman–Crippen LogP) is 0.843. The van der Waals surface area contributed by atoms with Crippen molar-refractivity contribution in [3.8, 4) is 0 Å². The van der Waals surface area contributed by atoms with E-state index in [-0.39, 0.29) is 18.4 Å². The monoisotopic (exact) mass is 298 g/mol. The number of imidazole rings is 1. The molecule has 0 bridgehead atoms. The Morgan fingerprint density at radius 3 is 2.64 bits per heavy atom. The maximum atomic E-state index is 12.4. The summed E-state index contributed by atoms with van der Waals surface area (Å²) in [6.07, 6.45) is 3.72. The van der Waals surface area contributed by atoms with E-state index >= 15 is 0 Å². The van der Waals surface area contributed by atoms with Gasteiger partial charge in [-0.1, -0.05) is 30.3 Å². The maximum absolute atomic E-state index is 12.4. The molecule has 2 atom stereocenters. The number of rotatable bonds is 4. The average Bonchev–Trinajstić information content (AvgIpc) is 3.09. The van der Waals surface area contributed by atoms with Crippen molar-refractivity contribution in [2.75, 3.05) is 6.54 Å². The van der Waals surface area contributed by atoms with Gasteiger partial charge < -0.3 is 15.2 Å². The minimum absolute atomic E-state index is 0.0688. The van der Waals surface area contributed by atoms with Gasteiger partial charge in [0.1, 0.15) is 11.9 Å². The summed E-state index contributed by atoms with van der Waals surface area (Å²) < 4.78 is 1.89. The SMILES string of the molecule is Cn1ccnc1[C@@H](c1ccccc1)N1C[C@@H](C(N)=O)CC1=O. The Balaban J connectivity index is 2.02. The summed E-state index contributed by atoms with van der Waals surface area (Å²) >= 11 is 0. The lowest BCUT2D eigenvalue weighted by Crippen LogP contribution is -2.34. The number of aryl methyl sites for hydroxylation is 1. The minimum Gasteiger partial charge on any atom is -0.369 e. The normalized spacial score (nSPS) is 19.4. The Kier molecular flexibility index (Phi) is 3.66. The van der Waals surface area contributed by atoms with Crippen molar-refractivity contribution in [2.45, 2.75) is 12.5 Å². The fourth-order valence-corrected chi connectivity index (χ4v) is 2.92.